The Hall–Kier alpha value is -2.09. The Morgan fingerprint density at radius 2 is 2.33 bits per heavy atom. The normalized spacial score (nSPS) is 22.8. The van der Waals surface area contributed by atoms with Crippen molar-refractivity contribution in [3.05, 3.63) is 24.0 Å². The van der Waals surface area contributed by atoms with Gasteiger partial charge in [-0.2, -0.15) is 5.26 Å². The lowest BCUT2D eigenvalue weighted by Crippen LogP contribution is -2.51. The number of amides is 1. The molecule has 0 saturated carbocycles. The van der Waals surface area contributed by atoms with E-state index in [0.717, 1.165) is 31.7 Å². The van der Waals surface area contributed by atoms with E-state index >= 15 is 0 Å². The zero-order valence-electron chi connectivity index (χ0n) is 10.0. The van der Waals surface area contributed by atoms with Crippen molar-refractivity contribution in [2.24, 2.45) is 0 Å². The first-order chi connectivity index (χ1) is 8.79. The second-order valence-corrected chi connectivity index (χ2v) is 4.71. The van der Waals surface area contributed by atoms with E-state index in [1.54, 1.807) is 6.20 Å². The highest BCUT2D eigenvalue weighted by Crippen LogP contribution is 2.27. The van der Waals surface area contributed by atoms with E-state index in [9.17, 15) is 4.79 Å². The largest absolute Gasteiger partial charge is 0.365 e. The monoisotopic (exact) mass is 242 g/mol. The number of hydrogen-bond donors (Lipinski definition) is 0. The van der Waals surface area contributed by atoms with Crippen molar-refractivity contribution in [3.8, 4) is 6.07 Å². The molecule has 1 aromatic heterocycles. The van der Waals surface area contributed by atoms with Gasteiger partial charge in [0.05, 0.1) is 5.69 Å². The van der Waals surface area contributed by atoms with Gasteiger partial charge in [0, 0.05) is 38.3 Å². The summed E-state index contributed by atoms with van der Waals surface area (Å²) in [7, 11) is 0. The van der Waals surface area contributed by atoms with Gasteiger partial charge in [-0.1, -0.05) is 0 Å². The number of anilines is 1. The van der Waals surface area contributed by atoms with Gasteiger partial charge < -0.3 is 9.80 Å². The van der Waals surface area contributed by atoms with E-state index in [-0.39, 0.29) is 5.91 Å². The molecule has 2 saturated heterocycles. The summed E-state index contributed by atoms with van der Waals surface area (Å²) in [6, 6.07) is 6.21. The van der Waals surface area contributed by atoms with Gasteiger partial charge in [0.25, 0.3) is 0 Å². The van der Waals surface area contributed by atoms with Crippen molar-refractivity contribution < 1.29 is 4.79 Å². The highest BCUT2D eigenvalue weighted by atomic mass is 16.2. The zero-order valence-corrected chi connectivity index (χ0v) is 10.0. The molecule has 0 N–H and O–H groups in total. The predicted octanol–water partition coefficient (Wildman–Crippen LogP) is 0.764. The predicted molar refractivity (Wildman–Crippen MR) is 65.9 cm³/mol. The first kappa shape index (κ1) is 11.0. The lowest BCUT2D eigenvalue weighted by atomic mass is 10.1. The van der Waals surface area contributed by atoms with E-state index in [0.29, 0.717) is 18.2 Å². The summed E-state index contributed by atoms with van der Waals surface area (Å²) in [5, 5.41) is 9.07. The molecule has 0 aliphatic carbocycles. The standard InChI is InChI=1S/C13H14N4O/c14-8-11-12(2-1-5-15-11)16-6-7-17-10(9-16)3-4-13(17)18/h1-2,5,10H,3-4,6-7,9H2. The highest BCUT2D eigenvalue weighted by Gasteiger charge is 2.35. The molecule has 0 bridgehead atoms. The Morgan fingerprint density at radius 3 is 3.17 bits per heavy atom. The lowest BCUT2D eigenvalue weighted by Gasteiger charge is -2.38. The third-order valence-corrected chi connectivity index (χ3v) is 3.73. The molecular formula is C13H14N4O. The Kier molecular flexibility index (Phi) is 2.63. The van der Waals surface area contributed by atoms with Crippen molar-refractivity contribution in [3.63, 3.8) is 0 Å². The van der Waals surface area contributed by atoms with Gasteiger partial charge in [-0.05, 0) is 18.6 Å². The maximum absolute atomic E-state index is 11.6. The Labute approximate surface area is 106 Å². The molecular weight excluding hydrogens is 228 g/mol. The van der Waals surface area contributed by atoms with Gasteiger partial charge in [0.1, 0.15) is 6.07 Å². The first-order valence-electron chi connectivity index (χ1n) is 6.19. The molecule has 1 amide bonds. The number of piperazine rings is 1. The van der Waals surface area contributed by atoms with Gasteiger partial charge in [0.15, 0.2) is 5.69 Å². The van der Waals surface area contributed by atoms with Crippen LogP contribution in [0.2, 0.25) is 0 Å². The van der Waals surface area contributed by atoms with Crippen LogP contribution in [0.4, 0.5) is 5.69 Å². The first-order valence-corrected chi connectivity index (χ1v) is 6.19. The van der Waals surface area contributed by atoms with Crippen LogP contribution in [0.15, 0.2) is 18.3 Å². The Morgan fingerprint density at radius 1 is 1.44 bits per heavy atom. The number of hydrogen-bond acceptors (Lipinski definition) is 4. The summed E-state index contributed by atoms with van der Waals surface area (Å²) in [4.78, 5) is 19.9. The molecule has 3 rings (SSSR count). The number of pyridine rings is 1. The summed E-state index contributed by atoms with van der Waals surface area (Å²) in [6.45, 7) is 2.35. The second kappa shape index (κ2) is 4.30. The van der Waals surface area contributed by atoms with Gasteiger partial charge in [-0.25, -0.2) is 4.98 Å². The third-order valence-electron chi connectivity index (χ3n) is 3.73. The van der Waals surface area contributed by atoms with Crippen LogP contribution in [0.5, 0.6) is 0 Å². The van der Waals surface area contributed by atoms with E-state index < -0.39 is 0 Å². The summed E-state index contributed by atoms with van der Waals surface area (Å²) in [6.07, 6.45) is 3.23. The number of nitriles is 1. The fourth-order valence-electron chi connectivity index (χ4n) is 2.82. The number of rotatable bonds is 1. The third kappa shape index (κ3) is 1.70. The van der Waals surface area contributed by atoms with Crippen LogP contribution >= 0.6 is 0 Å². The fourth-order valence-corrected chi connectivity index (χ4v) is 2.82. The van der Waals surface area contributed by atoms with Crippen LogP contribution in [0.1, 0.15) is 18.5 Å². The molecule has 18 heavy (non-hydrogen) atoms. The van der Waals surface area contributed by atoms with E-state index in [1.165, 1.54) is 0 Å². The lowest BCUT2D eigenvalue weighted by molar-refractivity contribution is -0.129. The minimum absolute atomic E-state index is 0.270. The second-order valence-electron chi connectivity index (χ2n) is 4.71. The van der Waals surface area contributed by atoms with Gasteiger partial charge >= 0.3 is 0 Å². The zero-order chi connectivity index (χ0) is 12.5. The Bertz CT molecular complexity index is 522. The maximum atomic E-state index is 11.6. The molecule has 1 aromatic rings. The summed E-state index contributed by atoms with van der Waals surface area (Å²) in [5.41, 5.74) is 1.36. The molecule has 2 fully saturated rings. The van der Waals surface area contributed by atoms with Crippen molar-refractivity contribution in [1.29, 1.82) is 5.26 Å². The molecule has 1 atom stereocenters. The SMILES string of the molecule is N#Cc1ncccc1N1CCN2C(=O)CCC2C1. The van der Waals surface area contributed by atoms with Crippen molar-refractivity contribution in [2.45, 2.75) is 18.9 Å². The van der Waals surface area contributed by atoms with Gasteiger partial charge in [0.2, 0.25) is 5.91 Å². The average molecular weight is 242 g/mol. The molecule has 5 nitrogen and oxygen atoms in total. The van der Waals surface area contributed by atoms with Crippen LogP contribution in [0, 0.1) is 11.3 Å². The van der Waals surface area contributed by atoms with E-state index in [2.05, 4.69) is 16.0 Å². The number of nitrogens with zero attached hydrogens (tertiary/aromatic N) is 4. The number of carbonyl (C=O) groups excluding carboxylic acids is 1. The van der Waals surface area contributed by atoms with Crippen molar-refractivity contribution in [1.82, 2.24) is 9.88 Å². The van der Waals surface area contributed by atoms with E-state index in [4.69, 9.17) is 5.26 Å². The molecule has 5 heteroatoms. The minimum atomic E-state index is 0.270. The molecule has 0 aromatic carbocycles. The summed E-state index contributed by atoms with van der Waals surface area (Å²) in [5.74, 6) is 0.270. The van der Waals surface area contributed by atoms with Crippen LogP contribution in [0.25, 0.3) is 0 Å². The van der Waals surface area contributed by atoms with Crippen LogP contribution in [-0.2, 0) is 4.79 Å². The molecule has 92 valence electrons. The van der Waals surface area contributed by atoms with Crippen LogP contribution in [0.3, 0.4) is 0 Å². The average Bonchev–Trinajstić information content (AvgIpc) is 2.80. The molecule has 2 aliphatic heterocycles. The molecule has 1 unspecified atom stereocenters. The summed E-state index contributed by atoms with van der Waals surface area (Å²) < 4.78 is 0. The number of carbonyl (C=O) groups is 1. The molecule has 2 aliphatic rings. The maximum Gasteiger partial charge on any atom is 0.223 e. The molecule has 3 heterocycles. The van der Waals surface area contributed by atoms with Gasteiger partial charge in [-0.3, -0.25) is 4.79 Å². The number of aromatic nitrogens is 1. The van der Waals surface area contributed by atoms with Crippen molar-refractivity contribution >= 4 is 11.6 Å². The highest BCUT2D eigenvalue weighted by molar-refractivity contribution is 5.79. The smallest absolute Gasteiger partial charge is 0.223 e. The van der Waals surface area contributed by atoms with Crippen LogP contribution in [-0.4, -0.2) is 41.5 Å². The van der Waals surface area contributed by atoms with Crippen LogP contribution < -0.4 is 4.90 Å². The summed E-state index contributed by atoms with van der Waals surface area (Å²) >= 11 is 0. The Balaban J connectivity index is 1.83. The minimum Gasteiger partial charge on any atom is -0.365 e. The van der Waals surface area contributed by atoms with Crippen molar-refractivity contribution in [2.75, 3.05) is 24.5 Å². The quantitative estimate of drug-likeness (QED) is 0.729. The number of fused-ring (bicyclic) bond motifs is 1. The fraction of sp³-hybridized carbons (Fsp3) is 0.462. The van der Waals surface area contributed by atoms with E-state index in [1.807, 2.05) is 17.0 Å². The molecule has 0 radical (unpaired) electrons. The topological polar surface area (TPSA) is 60.2 Å². The molecule has 0 spiro atoms. The van der Waals surface area contributed by atoms with Gasteiger partial charge in [-0.15, -0.1) is 0 Å².